The number of rotatable bonds is 4. The van der Waals surface area contributed by atoms with Gasteiger partial charge in [-0.05, 0) is 19.9 Å². The zero-order chi connectivity index (χ0) is 15.9. The molecule has 0 saturated heterocycles. The second-order valence-corrected chi connectivity index (χ2v) is 5.35. The van der Waals surface area contributed by atoms with Crippen LogP contribution in [0.1, 0.15) is 35.2 Å². The Morgan fingerprint density at radius 3 is 2.77 bits per heavy atom. The van der Waals surface area contributed by atoms with Gasteiger partial charge in [0.15, 0.2) is 11.4 Å². The van der Waals surface area contributed by atoms with E-state index in [1.165, 1.54) is 11.0 Å². The number of nitrogens with zero attached hydrogens (tertiary/aromatic N) is 2. The van der Waals surface area contributed by atoms with Gasteiger partial charge in [-0.2, -0.15) is 0 Å². The number of amides is 1. The van der Waals surface area contributed by atoms with Gasteiger partial charge in [-0.25, -0.2) is 0 Å². The molecule has 0 spiro atoms. The van der Waals surface area contributed by atoms with E-state index < -0.39 is 17.3 Å². The number of hydrogen-bond donors (Lipinski definition) is 1. The molecular weight excluding hydrogens is 284 g/mol. The molecule has 1 aromatic heterocycles. The predicted molar refractivity (Wildman–Crippen MR) is 78.6 cm³/mol. The van der Waals surface area contributed by atoms with E-state index in [0.29, 0.717) is 23.6 Å². The maximum Gasteiger partial charge on any atom is 0.264 e. The number of anilines is 1. The first kappa shape index (κ1) is 14.5. The summed E-state index contributed by atoms with van der Waals surface area (Å²) >= 11 is 0. The van der Waals surface area contributed by atoms with Crippen LogP contribution in [-0.4, -0.2) is 28.5 Å². The smallest absolute Gasteiger partial charge is 0.264 e. The lowest BCUT2D eigenvalue weighted by molar-refractivity contribution is -0.135. The quantitative estimate of drug-likeness (QED) is 0.871. The van der Waals surface area contributed by atoms with Gasteiger partial charge >= 0.3 is 0 Å². The lowest BCUT2D eigenvalue weighted by atomic mass is 9.89. The Kier molecular flexibility index (Phi) is 3.33. The molecule has 6 nitrogen and oxygen atoms in total. The third kappa shape index (κ3) is 2.03. The zero-order valence-corrected chi connectivity index (χ0v) is 12.4. The SMILES string of the molecule is CCN1C(=O)C(O)(CC(=O)c2cc(C)on2)c2ccccc21. The molecule has 1 atom stereocenters. The first-order valence-corrected chi connectivity index (χ1v) is 7.07. The minimum absolute atomic E-state index is 0.117. The van der Waals surface area contributed by atoms with Crippen molar-refractivity contribution >= 4 is 17.4 Å². The molecule has 0 radical (unpaired) electrons. The highest BCUT2D eigenvalue weighted by Gasteiger charge is 2.50. The molecule has 1 amide bonds. The van der Waals surface area contributed by atoms with Crippen LogP contribution in [0, 0.1) is 6.92 Å². The zero-order valence-electron chi connectivity index (χ0n) is 12.4. The van der Waals surface area contributed by atoms with Gasteiger partial charge in [0.05, 0.1) is 12.1 Å². The lowest BCUT2D eigenvalue weighted by Gasteiger charge is -2.21. The van der Waals surface area contributed by atoms with Crippen molar-refractivity contribution in [1.82, 2.24) is 5.16 Å². The van der Waals surface area contributed by atoms with E-state index in [1.54, 1.807) is 31.2 Å². The fourth-order valence-corrected chi connectivity index (χ4v) is 2.81. The highest BCUT2D eigenvalue weighted by molar-refractivity contribution is 6.10. The Balaban J connectivity index is 1.98. The highest BCUT2D eigenvalue weighted by atomic mass is 16.5. The van der Waals surface area contributed by atoms with Crippen molar-refractivity contribution in [3.8, 4) is 0 Å². The lowest BCUT2D eigenvalue weighted by Crippen LogP contribution is -2.41. The molecule has 1 aliphatic rings. The van der Waals surface area contributed by atoms with Crippen LogP contribution >= 0.6 is 0 Å². The summed E-state index contributed by atoms with van der Waals surface area (Å²) in [5.74, 6) is -0.408. The topological polar surface area (TPSA) is 83.6 Å². The first-order chi connectivity index (χ1) is 10.5. The van der Waals surface area contributed by atoms with E-state index in [0.717, 1.165) is 0 Å². The van der Waals surface area contributed by atoms with Crippen molar-refractivity contribution in [3.63, 3.8) is 0 Å². The Morgan fingerprint density at radius 2 is 2.14 bits per heavy atom. The minimum Gasteiger partial charge on any atom is -0.375 e. The van der Waals surface area contributed by atoms with Gasteiger partial charge in [0.25, 0.3) is 5.91 Å². The average Bonchev–Trinajstić information content (AvgIpc) is 3.02. The van der Waals surface area contributed by atoms with Crippen molar-refractivity contribution < 1.29 is 19.2 Å². The molecule has 6 heteroatoms. The number of aliphatic hydroxyl groups is 1. The van der Waals surface area contributed by atoms with Gasteiger partial charge in [-0.1, -0.05) is 23.4 Å². The Hall–Kier alpha value is -2.47. The van der Waals surface area contributed by atoms with Crippen LogP contribution in [0.3, 0.4) is 0 Å². The fourth-order valence-electron chi connectivity index (χ4n) is 2.81. The van der Waals surface area contributed by atoms with E-state index >= 15 is 0 Å². The molecule has 22 heavy (non-hydrogen) atoms. The second-order valence-electron chi connectivity index (χ2n) is 5.35. The molecule has 1 N–H and O–H groups in total. The van der Waals surface area contributed by atoms with Crippen LogP contribution < -0.4 is 4.90 Å². The van der Waals surface area contributed by atoms with Crippen LogP contribution in [-0.2, 0) is 10.4 Å². The summed E-state index contributed by atoms with van der Waals surface area (Å²) < 4.78 is 4.87. The number of aromatic nitrogens is 1. The van der Waals surface area contributed by atoms with Crippen molar-refractivity contribution in [3.05, 3.63) is 47.3 Å². The van der Waals surface area contributed by atoms with E-state index in [4.69, 9.17) is 4.52 Å². The van der Waals surface area contributed by atoms with E-state index in [9.17, 15) is 14.7 Å². The summed E-state index contributed by atoms with van der Waals surface area (Å²) in [6.45, 7) is 3.92. The molecule has 0 saturated carbocycles. The number of hydrogen-bond acceptors (Lipinski definition) is 5. The summed E-state index contributed by atoms with van der Waals surface area (Å²) in [5.41, 5.74) is -0.639. The number of benzene rings is 1. The number of para-hydroxylation sites is 1. The van der Waals surface area contributed by atoms with Gasteiger partial charge in [0.2, 0.25) is 0 Å². The van der Waals surface area contributed by atoms with Gasteiger partial charge in [0.1, 0.15) is 11.5 Å². The van der Waals surface area contributed by atoms with Crippen molar-refractivity contribution in [2.24, 2.45) is 0 Å². The van der Waals surface area contributed by atoms with Crippen molar-refractivity contribution in [1.29, 1.82) is 0 Å². The van der Waals surface area contributed by atoms with Crippen LogP contribution in [0.2, 0.25) is 0 Å². The van der Waals surface area contributed by atoms with E-state index in [-0.39, 0.29) is 12.1 Å². The molecule has 2 heterocycles. The Morgan fingerprint density at radius 1 is 1.41 bits per heavy atom. The largest absolute Gasteiger partial charge is 0.375 e. The molecular formula is C16H16N2O4. The van der Waals surface area contributed by atoms with Gasteiger partial charge < -0.3 is 14.5 Å². The molecule has 1 aromatic carbocycles. The van der Waals surface area contributed by atoms with Gasteiger partial charge in [-0.15, -0.1) is 0 Å². The normalized spacial score (nSPS) is 20.3. The number of ketones is 1. The maximum absolute atomic E-state index is 12.6. The van der Waals surface area contributed by atoms with Crippen LogP contribution in [0.5, 0.6) is 0 Å². The van der Waals surface area contributed by atoms with Gasteiger partial charge in [0, 0.05) is 18.2 Å². The minimum atomic E-state index is -1.85. The average molecular weight is 300 g/mol. The fraction of sp³-hybridized carbons (Fsp3) is 0.312. The standard InChI is InChI=1S/C16H16N2O4/c1-3-18-13-7-5-4-6-11(13)16(21,15(18)20)9-14(19)12-8-10(2)22-17-12/h4-8,21H,3,9H2,1-2H3. The Bertz CT molecular complexity index is 752. The monoisotopic (exact) mass is 300 g/mol. The van der Waals surface area contributed by atoms with E-state index in [2.05, 4.69) is 5.16 Å². The number of carbonyl (C=O) groups is 2. The summed E-state index contributed by atoms with van der Waals surface area (Å²) in [6.07, 6.45) is -0.356. The van der Waals surface area contributed by atoms with Crippen LogP contribution in [0.4, 0.5) is 5.69 Å². The third-order valence-corrected chi connectivity index (χ3v) is 3.89. The number of aryl methyl sites for hydroxylation is 1. The number of Topliss-reactive ketones (excluding diaryl/α,β-unsaturated/α-hetero) is 1. The third-order valence-electron chi connectivity index (χ3n) is 3.89. The van der Waals surface area contributed by atoms with Crippen LogP contribution in [0.15, 0.2) is 34.9 Å². The molecule has 0 fully saturated rings. The van der Waals surface area contributed by atoms with Gasteiger partial charge in [-0.3, -0.25) is 9.59 Å². The summed E-state index contributed by atoms with van der Waals surface area (Å²) in [6, 6.07) is 8.46. The summed E-state index contributed by atoms with van der Waals surface area (Å²) in [7, 11) is 0. The summed E-state index contributed by atoms with van der Waals surface area (Å²) in [4.78, 5) is 26.4. The molecule has 1 unspecified atom stereocenters. The number of carbonyl (C=O) groups excluding carboxylic acids is 2. The molecule has 114 valence electrons. The second kappa shape index (κ2) is 5.06. The molecule has 0 bridgehead atoms. The summed E-state index contributed by atoms with van der Waals surface area (Å²) in [5, 5.41) is 14.5. The van der Waals surface area contributed by atoms with Crippen molar-refractivity contribution in [2.45, 2.75) is 25.9 Å². The molecule has 0 aliphatic carbocycles. The number of likely N-dealkylation sites (N-methyl/N-ethyl adjacent to an activating group) is 1. The van der Waals surface area contributed by atoms with Crippen LogP contribution in [0.25, 0.3) is 0 Å². The van der Waals surface area contributed by atoms with E-state index in [1.807, 2.05) is 6.92 Å². The molecule has 2 aromatic rings. The Labute approximate surface area is 127 Å². The molecule has 1 aliphatic heterocycles. The first-order valence-electron chi connectivity index (χ1n) is 7.07. The number of fused-ring (bicyclic) bond motifs is 1. The molecule has 3 rings (SSSR count). The van der Waals surface area contributed by atoms with Crippen molar-refractivity contribution in [2.75, 3.05) is 11.4 Å². The predicted octanol–water partition coefficient (Wildman–Crippen LogP) is 1.81. The maximum atomic E-state index is 12.6. The highest BCUT2D eigenvalue weighted by Crippen LogP contribution is 2.42.